The van der Waals surface area contributed by atoms with E-state index in [1.807, 2.05) is 0 Å². The lowest BCUT2D eigenvalue weighted by Gasteiger charge is -2.41. The quantitative estimate of drug-likeness (QED) is 0.516. The number of hydrogen-bond donors (Lipinski definition) is 0. The summed E-state index contributed by atoms with van der Waals surface area (Å²) in [5.41, 5.74) is 0. The number of hydrogen-bond acceptors (Lipinski definition) is 0. The number of halogens is 8. The molecule has 0 nitrogen and oxygen atoms in total. The highest BCUT2D eigenvalue weighted by Crippen LogP contribution is 2.98. The highest BCUT2D eigenvalue weighted by Gasteiger charge is 2.67. The van der Waals surface area contributed by atoms with Crippen LogP contribution in [0.25, 0.3) is 0 Å². The summed E-state index contributed by atoms with van der Waals surface area (Å²) in [6.45, 7) is 0. The maximum absolute atomic E-state index is 11.9. The SMILES string of the molecule is FC(Cl)(Br)CS(F)(F)(F)(F)F. The summed E-state index contributed by atoms with van der Waals surface area (Å²) in [4.78, 5) is 0. The number of rotatable bonds is 2. The molecular formula is C2H2BrClF6S. The molecule has 9 heteroatoms. The van der Waals surface area contributed by atoms with E-state index in [-0.39, 0.29) is 0 Å². The first-order valence-electron chi connectivity index (χ1n) is 1.98. The van der Waals surface area contributed by atoms with Crippen molar-refractivity contribution in [3.05, 3.63) is 0 Å². The molecule has 0 spiro atoms. The van der Waals surface area contributed by atoms with Crippen molar-refractivity contribution in [1.29, 1.82) is 0 Å². The van der Waals surface area contributed by atoms with E-state index in [1.165, 1.54) is 0 Å². The fraction of sp³-hybridized carbons (Fsp3) is 1.00. The van der Waals surface area contributed by atoms with E-state index >= 15 is 0 Å². The Hall–Kier alpha value is 0.700. The van der Waals surface area contributed by atoms with Gasteiger partial charge in [-0.05, 0) is 15.9 Å². The van der Waals surface area contributed by atoms with Gasteiger partial charge in [-0.15, -0.1) is 0 Å². The Morgan fingerprint density at radius 1 is 1.18 bits per heavy atom. The van der Waals surface area contributed by atoms with Gasteiger partial charge in [-0.25, -0.2) is 4.39 Å². The maximum Gasteiger partial charge on any atom is 0.290 e. The molecular weight excluding hydrogens is 285 g/mol. The van der Waals surface area contributed by atoms with Gasteiger partial charge in [0.2, 0.25) is 0 Å². The molecule has 0 saturated carbocycles. The molecule has 0 aromatic rings. The predicted octanol–water partition coefficient (Wildman–Crippen LogP) is 4.54. The van der Waals surface area contributed by atoms with Crippen molar-refractivity contribution in [2.75, 3.05) is 5.75 Å². The molecule has 0 aliphatic heterocycles. The van der Waals surface area contributed by atoms with E-state index in [0.29, 0.717) is 0 Å². The fourth-order valence-electron chi connectivity index (χ4n) is 0.309. The standard InChI is InChI=1S/C2H2BrClF6S/c3-2(4,5)1-11(6,7,8,9)10/h1H2. The summed E-state index contributed by atoms with van der Waals surface area (Å²) in [7, 11) is -9.73. The molecule has 0 saturated heterocycles. The van der Waals surface area contributed by atoms with Crippen molar-refractivity contribution >= 4 is 37.8 Å². The zero-order chi connectivity index (χ0) is 9.62. The lowest BCUT2D eigenvalue weighted by Crippen LogP contribution is -2.23. The third kappa shape index (κ3) is 10.7. The average Bonchev–Trinajstić information content (AvgIpc) is 1.05. The Morgan fingerprint density at radius 2 is 1.45 bits per heavy atom. The molecule has 0 aliphatic rings. The summed E-state index contributed by atoms with van der Waals surface area (Å²) in [6.07, 6.45) is 0. The molecule has 1 atom stereocenters. The molecule has 0 radical (unpaired) electrons. The first kappa shape index (κ1) is 11.7. The van der Waals surface area contributed by atoms with E-state index in [2.05, 4.69) is 11.6 Å². The second-order valence-corrected chi connectivity index (χ2v) is 6.75. The van der Waals surface area contributed by atoms with Gasteiger partial charge in [-0.3, -0.25) is 0 Å². The Kier molecular flexibility index (Phi) is 2.08. The Labute approximate surface area is 71.7 Å². The zero-order valence-electron chi connectivity index (χ0n) is 4.64. The van der Waals surface area contributed by atoms with Gasteiger partial charge in [-0.2, -0.15) is 0 Å². The van der Waals surface area contributed by atoms with E-state index in [1.54, 1.807) is 15.9 Å². The second kappa shape index (κ2) is 1.95. The lowest BCUT2D eigenvalue weighted by atomic mass is 10.9. The van der Waals surface area contributed by atoms with Crippen molar-refractivity contribution in [2.24, 2.45) is 0 Å². The van der Waals surface area contributed by atoms with Crippen molar-refractivity contribution < 1.29 is 23.8 Å². The molecule has 0 aromatic carbocycles. The minimum atomic E-state index is -9.73. The van der Waals surface area contributed by atoms with E-state index < -0.39 is 20.0 Å². The third-order valence-electron chi connectivity index (χ3n) is 0.436. The molecule has 0 bridgehead atoms. The van der Waals surface area contributed by atoms with Crippen LogP contribution in [-0.4, -0.2) is 9.79 Å². The maximum atomic E-state index is 11.9. The Morgan fingerprint density at radius 3 is 1.45 bits per heavy atom. The molecule has 0 amide bonds. The third-order valence-corrected chi connectivity index (χ3v) is 2.32. The normalized spacial score (nSPS) is 25.1. The molecule has 0 heterocycles. The van der Waals surface area contributed by atoms with Crippen molar-refractivity contribution in [3.8, 4) is 0 Å². The summed E-state index contributed by atoms with van der Waals surface area (Å²) >= 11 is 5.89. The van der Waals surface area contributed by atoms with Gasteiger partial charge in [-0.1, -0.05) is 31.0 Å². The average molecular weight is 287 g/mol. The minimum Gasteiger partial charge on any atom is -0.212 e. The van der Waals surface area contributed by atoms with Gasteiger partial charge < -0.3 is 0 Å². The molecule has 0 fully saturated rings. The van der Waals surface area contributed by atoms with Crippen LogP contribution in [0.4, 0.5) is 23.8 Å². The minimum absolute atomic E-state index is 1.61. The molecule has 0 aromatic heterocycles. The van der Waals surface area contributed by atoms with Crippen molar-refractivity contribution in [2.45, 2.75) is 4.04 Å². The van der Waals surface area contributed by atoms with E-state index in [9.17, 15) is 23.8 Å². The van der Waals surface area contributed by atoms with Gasteiger partial charge in [0, 0.05) is 0 Å². The first-order valence-corrected chi connectivity index (χ1v) is 5.27. The van der Waals surface area contributed by atoms with Crippen LogP contribution in [0.3, 0.4) is 0 Å². The van der Waals surface area contributed by atoms with Gasteiger partial charge in [0.25, 0.3) is 14.3 Å². The topological polar surface area (TPSA) is 0 Å². The van der Waals surface area contributed by atoms with Crippen LogP contribution in [0.1, 0.15) is 0 Å². The van der Waals surface area contributed by atoms with E-state index in [0.717, 1.165) is 0 Å². The number of alkyl halides is 3. The molecule has 1 unspecified atom stereocenters. The fourth-order valence-corrected chi connectivity index (χ4v) is 2.84. The van der Waals surface area contributed by atoms with Crippen LogP contribution in [0.15, 0.2) is 0 Å². The van der Waals surface area contributed by atoms with Crippen LogP contribution in [0.5, 0.6) is 0 Å². The first-order chi connectivity index (χ1) is 4.18. The van der Waals surface area contributed by atoms with Crippen LogP contribution in [0.2, 0.25) is 0 Å². The summed E-state index contributed by atoms with van der Waals surface area (Å²) in [5, 5.41) is 0. The predicted molar refractivity (Wildman–Crippen MR) is 36.6 cm³/mol. The summed E-state index contributed by atoms with van der Waals surface area (Å²) in [6, 6.07) is 0. The van der Waals surface area contributed by atoms with Gasteiger partial charge in [0.1, 0.15) is 5.75 Å². The second-order valence-electron chi connectivity index (χ2n) is 1.89. The Bertz CT molecular complexity index is 162. The van der Waals surface area contributed by atoms with Gasteiger partial charge in [0.15, 0.2) is 0 Å². The molecule has 0 N–H and O–H groups in total. The highest BCUT2D eigenvalue weighted by atomic mass is 79.9. The smallest absolute Gasteiger partial charge is 0.212 e. The van der Waals surface area contributed by atoms with E-state index in [4.69, 9.17) is 0 Å². The van der Waals surface area contributed by atoms with Crippen LogP contribution < -0.4 is 0 Å². The van der Waals surface area contributed by atoms with Crippen LogP contribution in [-0.2, 0) is 0 Å². The molecule has 0 aliphatic carbocycles. The lowest BCUT2D eigenvalue weighted by molar-refractivity contribution is 0.334. The molecule has 11 heavy (non-hydrogen) atoms. The Balaban J connectivity index is 4.66. The van der Waals surface area contributed by atoms with Crippen molar-refractivity contribution in [3.63, 3.8) is 0 Å². The zero-order valence-corrected chi connectivity index (χ0v) is 7.80. The highest BCUT2D eigenvalue weighted by molar-refractivity contribution is 9.10. The van der Waals surface area contributed by atoms with Crippen molar-refractivity contribution in [1.82, 2.24) is 0 Å². The van der Waals surface area contributed by atoms with Gasteiger partial charge >= 0.3 is 0 Å². The molecule has 72 valence electrons. The monoisotopic (exact) mass is 286 g/mol. The van der Waals surface area contributed by atoms with Gasteiger partial charge in [0.05, 0.1) is 0 Å². The summed E-state index contributed by atoms with van der Waals surface area (Å²) < 4.78 is 65.0. The van der Waals surface area contributed by atoms with Crippen LogP contribution >= 0.6 is 37.8 Å². The van der Waals surface area contributed by atoms with Crippen LogP contribution in [0, 0.1) is 0 Å². The molecule has 0 rings (SSSR count). The summed E-state index contributed by atoms with van der Waals surface area (Å²) in [5.74, 6) is -2.98. The largest absolute Gasteiger partial charge is 0.290 e.